The zero-order valence-corrected chi connectivity index (χ0v) is 14.3. The molecule has 3 aliphatic rings. The first kappa shape index (κ1) is 15.8. The molecular weight excluding hydrogens is 272 g/mol. The Balaban J connectivity index is 1.99. The molecule has 1 unspecified atom stereocenters. The number of hydrogen-bond donors (Lipinski definition) is 1. The van der Waals surface area contributed by atoms with Gasteiger partial charge in [-0.05, 0) is 68.1 Å². The molecule has 22 heavy (non-hydrogen) atoms. The number of carbonyl (C=O) groups is 1. The van der Waals surface area contributed by atoms with E-state index in [0.717, 1.165) is 38.5 Å². The van der Waals surface area contributed by atoms with Gasteiger partial charge < -0.3 is 5.11 Å². The molecule has 0 heterocycles. The monoisotopic (exact) mass is 302 g/mol. The Morgan fingerprint density at radius 1 is 1.32 bits per heavy atom. The van der Waals surface area contributed by atoms with Gasteiger partial charge in [-0.15, -0.1) is 6.58 Å². The molecule has 0 aliphatic heterocycles. The van der Waals surface area contributed by atoms with Crippen LogP contribution in [0.1, 0.15) is 65.7 Å². The van der Waals surface area contributed by atoms with Crippen molar-refractivity contribution in [3.63, 3.8) is 0 Å². The maximum atomic E-state index is 11.9. The average Bonchev–Trinajstić information content (AvgIpc) is 2.46. The van der Waals surface area contributed by atoms with Gasteiger partial charge in [0.25, 0.3) is 0 Å². The van der Waals surface area contributed by atoms with E-state index in [1.54, 1.807) is 5.57 Å². The molecule has 0 amide bonds. The quantitative estimate of drug-likeness (QED) is 0.711. The van der Waals surface area contributed by atoms with Crippen LogP contribution in [0.5, 0.6) is 0 Å². The lowest BCUT2D eigenvalue weighted by Gasteiger charge is -2.58. The lowest BCUT2D eigenvalue weighted by atomic mass is 9.46. The van der Waals surface area contributed by atoms with E-state index in [1.807, 2.05) is 6.92 Å². The Labute approximate surface area is 134 Å². The second-order valence-corrected chi connectivity index (χ2v) is 8.75. The van der Waals surface area contributed by atoms with Crippen molar-refractivity contribution in [3.8, 4) is 0 Å². The third kappa shape index (κ3) is 2.10. The second-order valence-electron chi connectivity index (χ2n) is 8.75. The van der Waals surface area contributed by atoms with Gasteiger partial charge in [0.05, 0.1) is 5.41 Å². The standard InChI is InChI=1S/C20H30O2/c1-5-18(2)12-9-15-14(13-18)7-8-16-19(15,3)10-6-11-20(16,4)17(21)22/h5,9,14,16H,1,6-8,10-13H2,2-4H3,(H,21,22)/t14?,16-,18-,19-,20+/m0/s1. The molecule has 5 atom stereocenters. The van der Waals surface area contributed by atoms with Gasteiger partial charge >= 0.3 is 5.97 Å². The summed E-state index contributed by atoms with van der Waals surface area (Å²) in [6, 6.07) is 0. The van der Waals surface area contributed by atoms with Gasteiger partial charge in [-0.2, -0.15) is 0 Å². The molecule has 0 spiro atoms. The van der Waals surface area contributed by atoms with Crippen molar-refractivity contribution in [3.05, 3.63) is 24.3 Å². The highest BCUT2D eigenvalue weighted by atomic mass is 16.4. The Bertz CT molecular complexity index is 534. The summed E-state index contributed by atoms with van der Waals surface area (Å²) in [6.45, 7) is 10.7. The van der Waals surface area contributed by atoms with E-state index in [9.17, 15) is 9.90 Å². The molecule has 0 aromatic heterocycles. The zero-order chi connectivity index (χ0) is 16.2. The van der Waals surface area contributed by atoms with Crippen molar-refractivity contribution in [2.75, 3.05) is 0 Å². The molecule has 2 fully saturated rings. The number of rotatable bonds is 2. The first-order chi connectivity index (χ1) is 10.3. The fourth-order valence-corrected chi connectivity index (χ4v) is 5.87. The Morgan fingerprint density at radius 3 is 2.68 bits per heavy atom. The molecule has 3 rings (SSSR count). The molecule has 2 saturated carbocycles. The Hall–Kier alpha value is -1.05. The first-order valence-corrected chi connectivity index (χ1v) is 8.83. The fourth-order valence-electron chi connectivity index (χ4n) is 5.87. The van der Waals surface area contributed by atoms with E-state index < -0.39 is 11.4 Å². The second kappa shape index (κ2) is 4.97. The maximum absolute atomic E-state index is 11.9. The molecule has 1 N–H and O–H groups in total. The van der Waals surface area contributed by atoms with Gasteiger partial charge in [0, 0.05) is 0 Å². The molecule has 0 saturated heterocycles. The van der Waals surface area contributed by atoms with E-state index in [4.69, 9.17) is 0 Å². The number of hydrogen-bond acceptors (Lipinski definition) is 1. The van der Waals surface area contributed by atoms with Gasteiger partial charge in [-0.3, -0.25) is 4.79 Å². The van der Waals surface area contributed by atoms with Crippen molar-refractivity contribution >= 4 is 5.97 Å². The van der Waals surface area contributed by atoms with Crippen molar-refractivity contribution < 1.29 is 9.90 Å². The molecular formula is C20H30O2. The molecule has 3 aliphatic carbocycles. The minimum absolute atomic E-state index is 0.0941. The van der Waals surface area contributed by atoms with Gasteiger partial charge in [0.2, 0.25) is 0 Å². The summed E-state index contributed by atoms with van der Waals surface area (Å²) in [5.74, 6) is 0.338. The van der Waals surface area contributed by atoms with Crippen LogP contribution >= 0.6 is 0 Å². The topological polar surface area (TPSA) is 37.3 Å². The molecule has 0 aromatic carbocycles. The van der Waals surface area contributed by atoms with Crippen LogP contribution in [0.2, 0.25) is 0 Å². The van der Waals surface area contributed by atoms with Crippen LogP contribution in [0, 0.1) is 28.1 Å². The predicted octanol–water partition coefficient (Wildman–Crippen LogP) is 5.21. The van der Waals surface area contributed by atoms with Crippen molar-refractivity contribution in [2.24, 2.45) is 28.1 Å². The van der Waals surface area contributed by atoms with E-state index in [2.05, 4.69) is 32.6 Å². The van der Waals surface area contributed by atoms with Crippen molar-refractivity contribution in [2.45, 2.75) is 65.7 Å². The highest BCUT2D eigenvalue weighted by Crippen LogP contribution is 2.63. The Kier molecular flexibility index (Phi) is 3.58. The summed E-state index contributed by atoms with van der Waals surface area (Å²) in [5, 5.41) is 9.84. The summed E-state index contributed by atoms with van der Waals surface area (Å²) in [5.41, 5.74) is 1.35. The summed E-state index contributed by atoms with van der Waals surface area (Å²) in [7, 11) is 0. The summed E-state index contributed by atoms with van der Waals surface area (Å²) in [4.78, 5) is 11.9. The normalized spacial score (nSPS) is 47.9. The highest BCUT2D eigenvalue weighted by Gasteiger charge is 2.57. The van der Waals surface area contributed by atoms with Crippen LogP contribution in [-0.4, -0.2) is 11.1 Å². The SMILES string of the molecule is C=C[C@@]1(C)CC=C2C(CC[C@@H]3[C@](C)(C(=O)O)CCC[C@@]23C)C1. The van der Waals surface area contributed by atoms with E-state index in [0.29, 0.717) is 11.8 Å². The smallest absolute Gasteiger partial charge is 0.309 e. The van der Waals surface area contributed by atoms with Crippen LogP contribution in [0.25, 0.3) is 0 Å². The third-order valence-electron chi connectivity index (χ3n) is 7.32. The van der Waals surface area contributed by atoms with Gasteiger partial charge in [-0.1, -0.05) is 38.0 Å². The van der Waals surface area contributed by atoms with Crippen LogP contribution in [0.4, 0.5) is 0 Å². The van der Waals surface area contributed by atoms with Gasteiger partial charge in [-0.25, -0.2) is 0 Å². The molecule has 0 bridgehead atoms. The van der Waals surface area contributed by atoms with Crippen molar-refractivity contribution in [1.82, 2.24) is 0 Å². The minimum atomic E-state index is -0.589. The van der Waals surface area contributed by atoms with Crippen LogP contribution in [0.15, 0.2) is 24.3 Å². The average molecular weight is 302 g/mol. The maximum Gasteiger partial charge on any atom is 0.309 e. The number of carboxylic acid groups (broad SMARTS) is 1. The van der Waals surface area contributed by atoms with Gasteiger partial charge in [0.15, 0.2) is 0 Å². The van der Waals surface area contributed by atoms with Crippen LogP contribution in [-0.2, 0) is 4.79 Å². The summed E-state index contributed by atoms with van der Waals surface area (Å²) in [6.07, 6.45) is 12.1. The van der Waals surface area contributed by atoms with E-state index >= 15 is 0 Å². The third-order valence-corrected chi connectivity index (χ3v) is 7.32. The Morgan fingerprint density at radius 2 is 2.05 bits per heavy atom. The van der Waals surface area contributed by atoms with Crippen molar-refractivity contribution in [1.29, 1.82) is 0 Å². The minimum Gasteiger partial charge on any atom is -0.481 e. The lowest BCUT2D eigenvalue weighted by molar-refractivity contribution is -0.160. The molecule has 2 nitrogen and oxygen atoms in total. The van der Waals surface area contributed by atoms with Crippen LogP contribution in [0.3, 0.4) is 0 Å². The van der Waals surface area contributed by atoms with E-state index in [-0.39, 0.29) is 10.8 Å². The number of allylic oxidation sites excluding steroid dienone is 3. The first-order valence-electron chi connectivity index (χ1n) is 8.83. The van der Waals surface area contributed by atoms with Gasteiger partial charge in [0.1, 0.15) is 0 Å². The number of aliphatic carboxylic acids is 1. The largest absolute Gasteiger partial charge is 0.481 e. The summed E-state index contributed by atoms with van der Waals surface area (Å²) >= 11 is 0. The molecule has 0 radical (unpaired) electrons. The zero-order valence-electron chi connectivity index (χ0n) is 14.3. The fraction of sp³-hybridized carbons (Fsp3) is 0.750. The molecule has 2 heteroatoms. The molecule has 0 aromatic rings. The highest BCUT2D eigenvalue weighted by molar-refractivity contribution is 5.75. The summed E-state index contributed by atoms with van der Waals surface area (Å²) < 4.78 is 0. The van der Waals surface area contributed by atoms with Crippen LogP contribution < -0.4 is 0 Å². The lowest BCUT2D eigenvalue weighted by Crippen LogP contribution is -2.52. The molecule has 122 valence electrons. The number of carboxylic acids is 1. The number of fused-ring (bicyclic) bond motifs is 3. The predicted molar refractivity (Wildman–Crippen MR) is 89.5 cm³/mol. The van der Waals surface area contributed by atoms with E-state index in [1.165, 1.54) is 6.42 Å².